The maximum absolute atomic E-state index is 13.4. The van der Waals surface area contributed by atoms with Crippen LogP contribution in [0.3, 0.4) is 0 Å². The Labute approximate surface area is 195 Å². The summed E-state index contributed by atoms with van der Waals surface area (Å²) in [6, 6.07) is 23.4. The van der Waals surface area contributed by atoms with Gasteiger partial charge in [-0.1, -0.05) is 65.4 Å². The average molecular weight is 455 g/mol. The van der Waals surface area contributed by atoms with E-state index in [1.54, 1.807) is 4.57 Å². The number of aromatic nitrogens is 4. The first-order valence-corrected chi connectivity index (χ1v) is 11.6. The quantitative estimate of drug-likeness (QED) is 0.257. The Morgan fingerprint density at radius 1 is 0.909 bits per heavy atom. The van der Waals surface area contributed by atoms with Crippen LogP contribution in [0.2, 0.25) is 0 Å². The van der Waals surface area contributed by atoms with E-state index in [0.717, 1.165) is 16.8 Å². The molecule has 0 aliphatic rings. The maximum Gasteiger partial charge on any atom is 0.266 e. The Kier molecular flexibility index (Phi) is 5.79. The summed E-state index contributed by atoms with van der Waals surface area (Å²) in [4.78, 5) is 22.7. The zero-order valence-electron chi connectivity index (χ0n) is 18.4. The van der Waals surface area contributed by atoms with Crippen LogP contribution < -0.4 is 5.56 Å². The third kappa shape index (κ3) is 4.45. The third-order valence-corrected chi connectivity index (χ3v) is 6.46. The number of rotatable bonds is 6. The van der Waals surface area contributed by atoms with Crippen molar-refractivity contribution < 1.29 is 4.52 Å². The maximum atomic E-state index is 13.4. The molecule has 6 nitrogen and oxygen atoms in total. The van der Waals surface area contributed by atoms with Crippen molar-refractivity contribution >= 4 is 22.7 Å². The molecule has 0 unspecified atom stereocenters. The Morgan fingerprint density at radius 2 is 1.70 bits per heavy atom. The number of fused-ring (bicyclic) bond motifs is 1. The minimum Gasteiger partial charge on any atom is -0.338 e. The van der Waals surface area contributed by atoms with E-state index >= 15 is 0 Å². The summed E-state index contributed by atoms with van der Waals surface area (Å²) in [6.07, 6.45) is 0.608. The SMILES string of the molecule is Cc1ccc(-n2c(SCc3nc(Cc4ccccc4)no3)nc3ccccc3c2=O)cc1C. The first kappa shape index (κ1) is 21.2. The molecule has 164 valence electrons. The van der Waals surface area contributed by atoms with Crippen LogP contribution in [-0.4, -0.2) is 19.7 Å². The molecule has 7 heteroatoms. The van der Waals surface area contributed by atoms with Crippen LogP contribution >= 0.6 is 11.8 Å². The molecule has 33 heavy (non-hydrogen) atoms. The molecule has 2 heterocycles. The van der Waals surface area contributed by atoms with Gasteiger partial charge >= 0.3 is 0 Å². The van der Waals surface area contributed by atoms with E-state index in [9.17, 15) is 4.79 Å². The number of thioether (sulfide) groups is 1. The number of benzene rings is 3. The Morgan fingerprint density at radius 3 is 2.52 bits per heavy atom. The molecule has 0 aliphatic carbocycles. The van der Waals surface area contributed by atoms with E-state index < -0.39 is 0 Å². The molecule has 0 saturated carbocycles. The van der Waals surface area contributed by atoms with E-state index in [2.05, 4.69) is 17.1 Å². The van der Waals surface area contributed by atoms with Gasteiger partial charge in [-0.05, 0) is 54.8 Å². The van der Waals surface area contributed by atoms with E-state index in [4.69, 9.17) is 9.51 Å². The number of para-hydroxylation sites is 1. The van der Waals surface area contributed by atoms with Crippen molar-refractivity contribution in [2.45, 2.75) is 31.2 Å². The summed E-state index contributed by atoms with van der Waals surface area (Å²) < 4.78 is 7.13. The van der Waals surface area contributed by atoms with Gasteiger partial charge in [0.2, 0.25) is 5.89 Å². The highest BCUT2D eigenvalue weighted by Crippen LogP contribution is 2.25. The first-order valence-electron chi connectivity index (χ1n) is 10.7. The largest absolute Gasteiger partial charge is 0.338 e. The molecular formula is C26H22N4O2S. The summed E-state index contributed by atoms with van der Waals surface area (Å²) in [5.41, 5.74) is 4.77. The molecule has 0 bridgehead atoms. The van der Waals surface area contributed by atoms with Gasteiger partial charge in [-0.25, -0.2) is 4.98 Å². The fourth-order valence-electron chi connectivity index (χ4n) is 3.63. The van der Waals surface area contributed by atoms with Crippen LogP contribution in [0.15, 0.2) is 87.3 Å². The molecule has 3 aromatic carbocycles. The fourth-order valence-corrected chi connectivity index (χ4v) is 4.48. The summed E-state index contributed by atoms with van der Waals surface area (Å²) in [5, 5.41) is 5.28. The minimum absolute atomic E-state index is 0.0957. The lowest BCUT2D eigenvalue weighted by molar-refractivity contribution is 0.385. The van der Waals surface area contributed by atoms with Gasteiger partial charge in [-0.2, -0.15) is 4.98 Å². The smallest absolute Gasteiger partial charge is 0.266 e. The van der Waals surface area contributed by atoms with E-state index in [1.165, 1.54) is 17.3 Å². The van der Waals surface area contributed by atoms with Gasteiger partial charge in [0, 0.05) is 6.42 Å². The van der Waals surface area contributed by atoms with Gasteiger partial charge in [-0.3, -0.25) is 9.36 Å². The van der Waals surface area contributed by atoms with Crippen LogP contribution in [-0.2, 0) is 12.2 Å². The van der Waals surface area contributed by atoms with Crippen molar-refractivity contribution in [1.82, 2.24) is 19.7 Å². The highest BCUT2D eigenvalue weighted by molar-refractivity contribution is 7.98. The molecule has 0 fully saturated rings. The van der Waals surface area contributed by atoms with Crippen molar-refractivity contribution in [3.63, 3.8) is 0 Å². The standard InChI is InChI=1S/C26H22N4O2S/c1-17-12-13-20(14-18(17)2)30-25(31)21-10-6-7-11-22(21)27-26(30)33-16-24-28-23(29-32-24)15-19-8-4-3-5-9-19/h3-14H,15-16H2,1-2H3. The van der Waals surface area contributed by atoms with E-state index in [0.29, 0.717) is 39.9 Å². The highest BCUT2D eigenvalue weighted by atomic mass is 32.2. The summed E-state index contributed by atoms with van der Waals surface area (Å²) in [7, 11) is 0. The van der Waals surface area contributed by atoms with Crippen molar-refractivity contribution in [3.05, 3.63) is 112 Å². The Balaban J connectivity index is 1.47. The molecule has 0 spiro atoms. The van der Waals surface area contributed by atoms with Crippen LogP contribution in [0.1, 0.15) is 28.4 Å². The van der Waals surface area contributed by atoms with E-state index in [-0.39, 0.29) is 5.56 Å². The molecule has 5 rings (SSSR count). The summed E-state index contributed by atoms with van der Waals surface area (Å²) >= 11 is 1.41. The van der Waals surface area contributed by atoms with Gasteiger partial charge in [-0.15, -0.1) is 0 Å². The number of hydrogen-bond acceptors (Lipinski definition) is 6. The molecule has 0 saturated heterocycles. The molecule has 0 N–H and O–H groups in total. The van der Waals surface area contributed by atoms with Crippen molar-refractivity contribution in [1.29, 1.82) is 0 Å². The topological polar surface area (TPSA) is 73.8 Å². The monoisotopic (exact) mass is 454 g/mol. The normalized spacial score (nSPS) is 11.2. The predicted octanol–water partition coefficient (Wildman–Crippen LogP) is 5.27. The lowest BCUT2D eigenvalue weighted by Gasteiger charge is -2.14. The van der Waals surface area contributed by atoms with E-state index in [1.807, 2.05) is 79.7 Å². The predicted molar refractivity (Wildman–Crippen MR) is 130 cm³/mol. The fraction of sp³-hybridized carbons (Fsp3) is 0.154. The molecule has 2 aromatic heterocycles. The second-order valence-electron chi connectivity index (χ2n) is 7.88. The number of nitrogens with zero attached hydrogens (tertiary/aromatic N) is 4. The van der Waals surface area contributed by atoms with Crippen LogP contribution in [0.25, 0.3) is 16.6 Å². The Bertz CT molecular complexity index is 1490. The molecule has 0 amide bonds. The summed E-state index contributed by atoms with van der Waals surface area (Å²) in [6.45, 7) is 4.09. The minimum atomic E-state index is -0.0957. The average Bonchev–Trinajstić information content (AvgIpc) is 3.28. The lowest BCUT2D eigenvalue weighted by Crippen LogP contribution is -2.22. The summed E-state index contributed by atoms with van der Waals surface area (Å²) in [5.74, 6) is 1.55. The second-order valence-corrected chi connectivity index (χ2v) is 8.82. The number of aryl methyl sites for hydroxylation is 2. The zero-order valence-corrected chi connectivity index (χ0v) is 19.2. The van der Waals surface area contributed by atoms with Gasteiger partial charge in [0.05, 0.1) is 22.3 Å². The van der Waals surface area contributed by atoms with Gasteiger partial charge in [0.15, 0.2) is 11.0 Å². The zero-order chi connectivity index (χ0) is 22.8. The van der Waals surface area contributed by atoms with Crippen LogP contribution in [0.4, 0.5) is 0 Å². The van der Waals surface area contributed by atoms with Crippen molar-refractivity contribution in [2.75, 3.05) is 0 Å². The molecule has 0 aliphatic heterocycles. The second kappa shape index (κ2) is 9.03. The molecular weight excluding hydrogens is 432 g/mol. The van der Waals surface area contributed by atoms with Gasteiger partial charge in [0.1, 0.15) is 0 Å². The molecule has 0 radical (unpaired) electrons. The number of hydrogen-bond donors (Lipinski definition) is 0. The van der Waals surface area contributed by atoms with Crippen LogP contribution in [0.5, 0.6) is 0 Å². The third-order valence-electron chi connectivity index (χ3n) is 5.53. The van der Waals surface area contributed by atoms with Crippen LogP contribution in [0, 0.1) is 13.8 Å². The highest BCUT2D eigenvalue weighted by Gasteiger charge is 2.16. The first-order chi connectivity index (χ1) is 16.1. The van der Waals surface area contributed by atoms with Crippen molar-refractivity contribution in [2.24, 2.45) is 0 Å². The van der Waals surface area contributed by atoms with Crippen molar-refractivity contribution in [3.8, 4) is 5.69 Å². The molecule has 0 atom stereocenters. The van der Waals surface area contributed by atoms with Gasteiger partial charge in [0.25, 0.3) is 5.56 Å². The molecule has 5 aromatic rings. The Hall–Kier alpha value is -3.71. The van der Waals surface area contributed by atoms with Gasteiger partial charge < -0.3 is 4.52 Å². The lowest BCUT2D eigenvalue weighted by atomic mass is 10.1.